The molecule has 2 nitrogen and oxygen atoms in total. The minimum Gasteiger partial charge on any atom is -0.299 e. The third-order valence-electron chi connectivity index (χ3n) is 2.59. The van der Waals surface area contributed by atoms with Gasteiger partial charge in [-0.3, -0.25) is 9.78 Å². The van der Waals surface area contributed by atoms with Crippen LogP contribution in [0.15, 0.2) is 48.7 Å². The third kappa shape index (κ3) is 3.52. The molecular weight excluding hydrogens is 210 g/mol. The first-order valence-corrected chi connectivity index (χ1v) is 5.71. The van der Waals surface area contributed by atoms with Crippen molar-refractivity contribution < 1.29 is 4.79 Å². The number of hydrogen-bond acceptors (Lipinski definition) is 2. The largest absolute Gasteiger partial charge is 0.299 e. The molecule has 0 saturated carbocycles. The van der Waals surface area contributed by atoms with Crippen molar-refractivity contribution in [1.29, 1.82) is 0 Å². The number of ketones is 1. The SMILES string of the molecule is Cc1cccc(CC(=O)Cc2ccccn2)c1. The fourth-order valence-corrected chi connectivity index (χ4v) is 1.82. The van der Waals surface area contributed by atoms with E-state index in [0.717, 1.165) is 11.3 Å². The van der Waals surface area contributed by atoms with Crippen LogP contribution in [-0.2, 0) is 17.6 Å². The molecule has 1 aromatic carbocycles. The Hall–Kier alpha value is -1.96. The molecule has 0 saturated heterocycles. The van der Waals surface area contributed by atoms with Crippen molar-refractivity contribution in [2.24, 2.45) is 0 Å². The van der Waals surface area contributed by atoms with E-state index in [1.807, 2.05) is 43.3 Å². The Morgan fingerprint density at radius 2 is 2.00 bits per heavy atom. The summed E-state index contributed by atoms with van der Waals surface area (Å²) in [4.78, 5) is 16.0. The lowest BCUT2D eigenvalue weighted by atomic mass is 10.0. The van der Waals surface area contributed by atoms with Gasteiger partial charge in [-0.2, -0.15) is 0 Å². The molecule has 0 radical (unpaired) electrons. The van der Waals surface area contributed by atoms with Gasteiger partial charge < -0.3 is 0 Å². The highest BCUT2D eigenvalue weighted by Gasteiger charge is 2.05. The van der Waals surface area contributed by atoms with Crippen LogP contribution in [-0.4, -0.2) is 10.8 Å². The molecule has 0 bridgehead atoms. The summed E-state index contributed by atoms with van der Waals surface area (Å²) in [6.45, 7) is 2.03. The molecule has 0 atom stereocenters. The first kappa shape index (κ1) is 11.5. The van der Waals surface area contributed by atoms with Gasteiger partial charge >= 0.3 is 0 Å². The Morgan fingerprint density at radius 1 is 1.12 bits per heavy atom. The lowest BCUT2D eigenvalue weighted by molar-refractivity contribution is -0.117. The van der Waals surface area contributed by atoms with E-state index in [4.69, 9.17) is 0 Å². The predicted octanol–water partition coefficient (Wildman–Crippen LogP) is 2.74. The van der Waals surface area contributed by atoms with Gasteiger partial charge in [-0.25, -0.2) is 0 Å². The van der Waals surface area contributed by atoms with Gasteiger partial charge in [-0.15, -0.1) is 0 Å². The van der Waals surface area contributed by atoms with E-state index in [1.165, 1.54) is 5.56 Å². The maximum atomic E-state index is 11.9. The molecule has 0 aliphatic heterocycles. The summed E-state index contributed by atoms with van der Waals surface area (Å²) >= 11 is 0. The molecule has 0 aliphatic rings. The Morgan fingerprint density at radius 3 is 2.71 bits per heavy atom. The van der Waals surface area contributed by atoms with E-state index >= 15 is 0 Å². The van der Waals surface area contributed by atoms with Crippen molar-refractivity contribution in [3.8, 4) is 0 Å². The lowest BCUT2D eigenvalue weighted by Gasteiger charge is -2.02. The Balaban J connectivity index is 1.98. The zero-order valence-electron chi connectivity index (χ0n) is 9.89. The Bertz CT molecular complexity index is 505. The average Bonchev–Trinajstić information content (AvgIpc) is 2.30. The molecule has 0 N–H and O–H groups in total. The van der Waals surface area contributed by atoms with Crippen LogP contribution in [0, 0.1) is 6.92 Å². The fraction of sp³-hybridized carbons (Fsp3) is 0.200. The molecule has 2 heteroatoms. The van der Waals surface area contributed by atoms with Crippen LogP contribution in [0.2, 0.25) is 0 Å². The summed E-state index contributed by atoms with van der Waals surface area (Å²) < 4.78 is 0. The number of nitrogens with zero attached hydrogens (tertiary/aromatic N) is 1. The van der Waals surface area contributed by atoms with Crippen LogP contribution >= 0.6 is 0 Å². The van der Waals surface area contributed by atoms with E-state index < -0.39 is 0 Å². The van der Waals surface area contributed by atoms with Crippen molar-refractivity contribution in [3.63, 3.8) is 0 Å². The zero-order chi connectivity index (χ0) is 12.1. The topological polar surface area (TPSA) is 30.0 Å². The van der Waals surface area contributed by atoms with Gasteiger partial charge in [0.2, 0.25) is 0 Å². The van der Waals surface area contributed by atoms with Gasteiger partial charge in [-0.05, 0) is 24.6 Å². The first-order chi connectivity index (χ1) is 8.24. The summed E-state index contributed by atoms with van der Waals surface area (Å²) in [5, 5.41) is 0. The maximum Gasteiger partial charge on any atom is 0.143 e. The maximum absolute atomic E-state index is 11.9. The molecule has 86 valence electrons. The summed E-state index contributed by atoms with van der Waals surface area (Å²) in [5.74, 6) is 0.203. The van der Waals surface area contributed by atoms with Crippen molar-refractivity contribution in [2.45, 2.75) is 19.8 Å². The molecule has 0 spiro atoms. The van der Waals surface area contributed by atoms with E-state index in [2.05, 4.69) is 11.1 Å². The van der Waals surface area contributed by atoms with Gasteiger partial charge in [0.25, 0.3) is 0 Å². The molecule has 2 rings (SSSR count). The van der Waals surface area contributed by atoms with Crippen LogP contribution in [0.1, 0.15) is 16.8 Å². The number of aryl methyl sites for hydroxylation is 1. The van der Waals surface area contributed by atoms with Crippen LogP contribution in [0.5, 0.6) is 0 Å². The summed E-state index contributed by atoms with van der Waals surface area (Å²) in [6.07, 6.45) is 2.61. The minimum atomic E-state index is 0.203. The molecule has 0 fully saturated rings. The summed E-state index contributed by atoms with van der Waals surface area (Å²) in [7, 11) is 0. The van der Waals surface area contributed by atoms with Gasteiger partial charge in [0.15, 0.2) is 0 Å². The molecule has 2 aromatic rings. The van der Waals surface area contributed by atoms with E-state index in [-0.39, 0.29) is 5.78 Å². The first-order valence-electron chi connectivity index (χ1n) is 5.71. The number of rotatable bonds is 4. The second kappa shape index (κ2) is 5.39. The van der Waals surface area contributed by atoms with Crippen LogP contribution in [0.4, 0.5) is 0 Å². The summed E-state index contributed by atoms with van der Waals surface area (Å²) in [5.41, 5.74) is 3.10. The van der Waals surface area contributed by atoms with Crippen LogP contribution in [0.3, 0.4) is 0 Å². The van der Waals surface area contributed by atoms with Crippen molar-refractivity contribution in [1.82, 2.24) is 4.98 Å². The third-order valence-corrected chi connectivity index (χ3v) is 2.59. The molecule has 0 unspecified atom stereocenters. The highest BCUT2D eigenvalue weighted by Crippen LogP contribution is 2.06. The normalized spacial score (nSPS) is 10.2. The highest BCUT2D eigenvalue weighted by atomic mass is 16.1. The highest BCUT2D eigenvalue weighted by molar-refractivity contribution is 5.82. The van der Waals surface area contributed by atoms with Gasteiger partial charge in [-0.1, -0.05) is 35.9 Å². The second-order valence-electron chi connectivity index (χ2n) is 4.20. The number of Topliss-reactive ketones (excluding diaryl/α,β-unsaturated/α-hetero) is 1. The smallest absolute Gasteiger partial charge is 0.143 e. The number of benzene rings is 1. The van der Waals surface area contributed by atoms with Crippen LogP contribution in [0.25, 0.3) is 0 Å². The number of pyridine rings is 1. The minimum absolute atomic E-state index is 0.203. The Labute approximate surface area is 101 Å². The Kier molecular flexibility index (Phi) is 3.66. The average molecular weight is 225 g/mol. The van der Waals surface area contributed by atoms with Crippen LogP contribution < -0.4 is 0 Å². The monoisotopic (exact) mass is 225 g/mol. The van der Waals surface area contributed by atoms with Crippen molar-refractivity contribution >= 4 is 5.78 Å². The predicted molar refractivity (Wildman–Crippen MR) is 67.8 cm³/mol. The molecule has 0 amide bonds. The molecular formula is C15H15NO. The van der Waals surface area contributed by atoms with E-state index in [9.17, 15) is 4.79 Å². The number of hydrogen-bond donors (Lipinski definition) is 0. The second-order valence-corrected chi connectivity index (χ2v) is 4.20. The molecule has 17 heavy (non-hydrogen) atoms. The summed E-state index contributed by atoms with van der Waals surface area (Å²) in [6, 6.07) is 13.7. The molecule has 0 aliphatic carbocycles. The van der Waals surface area contributed by atoms with E-state index in [0.29, 0.717) is 12.8 Å². The quantitative estimate of drug-likeness (QED) is 0.800. The standard InChI is InChI=1S/C15H15NO/c1-12-5-4-6-13(9-12)10-15(17)11-14-7-2-3-8-16-14/h2-9H,10-11H2,1H3. The molecule has 1 aromatic heterocycles. The van der Waals surface area contributed by atoms with Gasteiger partial charge in [0.05, 0.1) is 0 Å². The number of carbonyl (C=O) groups is 1. The zero-order valence-corrected chi connectivity index (χ0v) is 9.89. The fourth-order valence-electron chi connectivity index (χ4n) is 1.82. The van der Waals surface area contributed by atoms with Crippen molar-refractivity contribution in [3.05, 3.63) is 65.5 Å². The lowest BCUT2D eigenvalue weighted by Crippen LogP contribution is -2.07. The number of aromatic nitrogens is 1. The van der Waals surface area contributed by atoms with E-state index in [1.54, 1.807) is 6.20 Å². The van der Waals surface area contributed by atoms with Gasteiger partial charge in [0.1, 0.15) is 5.78 Å². The van der Waals surface area contributed by atoms with Crippen molar-refractivity contribution in [2.75, 3.05) is 0 Å². The van der Waals surface area contributed by atoms with Gasteiger partial charge in [0, 0.05) is 24.7 Å². The molecule has 1 heterocycles. The number of carbonyl (C=O) groups excluding carboxylic acids is 1.